The summed E-state index contributed by atoms with van der Waals surface area (Å²) in [4.78, 5) is 13.5. The van der Waals surface area contributed by atoms with E-state index in [0.717, 1.165) is 41.9 Å². The third kappa shape index (κ3) is 3.76. The molecule has 1 aliphatic rings. The van der Waals surface area contributed by atoms with Gasteiger partial charge >= 0.3 is 0 Å². The molecule has 4 rings (SSSR count). The minimum Gasteiger partial charge on any atom is -0.386 e. The number of anilines is 1. The van der Waals surface area contributed by atoms with Gasteiger partial charge in [-0.25, -0.2) is 9.97 Å². The Bertz CT molecular complexity index is 945. The Hall–Kier alpha value is -2.21. The summed E-state index contributed by atoms with van der Waals surface area (Å²) >= 11 is 12.4. The number of halogens is 2. The Kier molecular flexibility index (Phi) is 5.25. The van der Waals surface area contributed by atoms with Crippen LogP contribution in [0.5, 0.6) is 0 Å². The predicted molar refractivity (Wildman–Crippen MR) is 107 cm³/mol. The van der Waals surface area contributed by atoms with Crippen LogP contribution in [0.2, 0.25) is 10.0 Å². The van der Waals surface area contributed by atoms with Crippen LogP contribution in [0.3, 0.4) is 0 Å². The van der Waals surface area contributed by atoms with E-state index in [-0.39, 0.29) is 6.54 Å². The number of hydrogen-bond donors (Lipinski definition) is 2. The average Bonchev–Trinajstić information content (AvgIpc) is 3.15. The summed E-state index contributed by atoms with van der Waals surface area (Å²) in [6, 6.07) is 8.97. The van der Waals surface area contributed by atoms with E-state index in [4.69, 9.17) is 33.2 Å². The lowest BCUT2D eigenvalue weighted by Gasteiger charge is -2.17. The zero-order valence-corrected chi connectivity index (χ0v) is 16.0. The summed E-state index contributed by atoms with van der Waals surface area (Å²) in [7, 11) is 0. The van der Waals surface area contributed by atoms with Gasteiger partial charge in [0.1, 0.15) is 5.82 Å². The fraction of sp³-hybridized carbons (Fsp3) is 0.250. The van der Waals surface area contributed by atoms with Gasteiger partial charge in [0.05, 0.1) is 6.10 Å². The first-order valence-electron chi connectivity index (χ1n) is 8.79. The maximum atomic E-state index is 10.6. The molecule has 7 heteroatoms. The minimum absolute atomic E-state index is 0.253. The van der Waals surface area contributed by atoms with Crippen LogP contribution >= 0.6 is 23.2 Å². The van der Waals surface area contributed by atoms with E-state index in [1.165, 1.54) is 0 Å². The van der Waals surface area contributed by atoms with Gasteiger partial charge in [0, 0.05) is 51.4 Å². The van der Waals surface area contributed by atoms with Gasteiger partial charge in [-0.15, -0.1) is 0 Å². The number of fused-ring (bicyclic) bond motifs is 1. The Morgan fingerprint density at radius 3 is 2.52 bits per heavy atom. The molecule has 3 aromatic rings. The quantitative estimate of drug-likeness (QED) is 0.660. The number of hydrogen-bond acceptors (Lipinski definition) is 5. The number of aliphatic hydroxyl groups is 1. The summed E-state index contributed by atoms with van der Waals surface area (Å²) < 4.78 is 0. The highest BCUT2D eigenvalue weighted by atomic mass is 35.5. The number of rotatable bonds is 5. The Labute approximate surface area is 167 Å². The van der Waals surface area contributed by atoms with Gasteiger partial charge in [0.25, 0.3) is 0 Å². The third-order valence-electron chi connectivity index (χ3n) is 4.67. The molecule has 1 aromatic carbocycles. The number of aryl methyl sites for hydroxylation is 1. The van der Waals surface area contributed by atoms with E-state index in [1.54, 1.807) is 30.6 Å². The molecule has 0 radical (unpaired) electrons. The molecule has 1 atom stereocenters. The third-order valence-corrected chi connectivity index (χ3v) is 5.33. The number of nitrogens with one attached hydrogen (secondary N) is 1. The van der Waals surface area contributed by atoms with E-state index in [1.807, 2.05) is 12.1 Å². The molecular weight excluding hydrogens is 383 g/mol. The van der Waals surface area contributed by atoms with E-state index in [2.05, 4.69) is 10.3 Å². The number of aliphatic hydroxyl groups excluding tert-OH is 1. The van der Waals surface area contributed by atoms with Crippen molar-refractivity contribution in [1.29, 1.82) is 0 Å². The normalized spacial score (nSPS) is 14.0. The Morgan fingerprint density at radius 1 is 1.04 bits per heavy atom. The van der Waals surface area contributed by atoms with Gasteiger partial charge in [0.2, 0.25) is 0 Å². The fourth-order valence-corrected chi connectivity index (χ4v) is 3.98. The van der Waals surface area contributed by atoms with E-state index < -0.39 is 6.10 Å². The number of nitrogens with zero attached hydrogens (tertiary/aromatic N) is 3. The molecule has 138 valence electrons. The topological polar surface area (TPSA) is 70.9 Å². The second-order valence-electron chi connectivity index (χ2n) is 6.44. The molecule has 0 aliphatic heterocycles. The van der Waals surface area contributed by atoms with Crippen molar-refractivity contribution in [2.75, 3.05) is 11.9 Å². The summed E-state index contributed by atoms with van der Waals surface area (Å²) in [6.07, 6.45) is 5.52. The van der Waals surface area contributed by atoms with Crippen molar-refractivity contribution in [3.8, 4) is 11.4 Å². The average molecular weight is 401 g/mol. The monoisotopic (exact) mass is 400 g/mol. The van der Waals surface area contributed by atoms with Gasteiger partial charge < -0.3 is 10.4 Å². The fourth-order valence-electron chi connectivity index (χ4n) is 3.33. The first kappa shape index (κ1) is 18.2. The second kappa shape index (κ2) is 7.80. The van der Waals surface area contributed by atoms with Crippen LogP contribution in [0.15, 0.2) is 42.7 Å². The van der Waals surface area contributed by atoms with Gasteiger partial charge in [-0.2, -0.15) is 0 Å². The Morgan fingerprint density at radius 2 is 1.78 bits per heavy atom. The van der Waals surface area contributed by atoms with Crippen molar-refractivity contribution in [1.82, 2.24) is 15.0 Å². The van der Waals surface area contributed by atoms with Crippen molar-refractivity contribution in [3.05, 3.63) is 69.6 Å². The summed E-state index contributed by atoms with van der Waals surface area (Å²) in [6.45, 7) is 0.253. The van der Waals surface area contributed by atoms with Crippen LogP contribution in [0.25, 0.3) is 11.4 Å². The van der Waals surface area contributed by atoms with Crippen LogP contribution in [0, 0.1) is 0 Å². The zero-order chi connectivity index (χ0) is 18.8. The molecule has 1 aliphatic carbocycles. The lowest BCUT2D eigenvalue weighted by atomic mass is 10.1. The second-order valence-corrected chi connectivity index (χ2v) is 7.26. The lowest BCUT2D eigenvalue weighted by molar-refractivity contribution is 0.191. The van der Waals surface area contributed by atoms with E-state index in [0.29, 0.717) is 21.4 Å². The first-order valence-corrected chi connectivity index (χ1v) is 9.55. The number of aromatic nitrogens is 3. The highest BCUT2D eigenvalue weighted by molar-refractivity contribution is 6.36. The van der Waals surface area contributed by atoms with Crippen LogP contribution < -0.4 is 5.32 Å². The standard InChI is InChI=1S/C20H18Cl2N4O/c21-14-4-2-5-15(22)18(14)17(27)11-24-20-13-3-1-6-16(13)25-19(26-20)12-7-9-23-10-8-12/h2,4-5,7-10,17,27H,1,3,6,11H2,(H,24,25,26). The maximum absolute atomic E-state index is 10.6. The molecule has 5 nitrogen and oxygen atoms in total. The number of pyridine rings is 1. The van der Waals surface area contributed by atoms with Crippen molar-refractivity contribution >= 4 is 29.0 Å². The molecule has 1 unspecified atom stereocenters. The SMILES string of the molecule is OC(CNc1nc(-c2ccncc2)nc2c1CCC2)c1c(Cl)cccc1Cl. The Balaban J connectivity index is 1.61. The van der Waals surface area contributed by atoms with Crippen LogP contribution in [0.4, 0.5) is 5.82 Å². The van der Waals surface area contributed by atoms with Gasteiger partial charge in [-0.3, -0.25) is 4.98 Å². The zero-order valence-electron chi connectivity index (χ0n) is 14.5. The lowest BCUT2D eigenvalue weighted by Crippen LogP contribution is -2.16. The molecule has 0 amide bonds. The van der Waals surface area contributed by atoms with Crippen molar-refractivity contribution in [2.24, 2.45) is 0 Å². The summed E-state index contributed by atoms with van der Waals surface area (Å²) in [5.41, 5.74) is 3.61. The van der Waals surface area contributed by atoms with Gasteiger partial charge in [0.15, 0.2) is 5.82 Å². The van der Waals surface area contributed by atoms with E-state index in [9.17, 15) is 5.11 Å². The van der Waals surface area contributed by atoms with Gasteiger partial charge in [-0.1, -0.05) is 29.3 Å². The molecule has 27 heavy (non-hydrogen) atoms. The smallest absolute Gasteiger partial charge is 0.161 e. The molecule has 2 N–H and O–H groups in total. The van der Waals surface area contributed by atoms with E-state index >= 15 is 0 Å². The van der Waals surface area contributed by atoms with Gasteiger partial charge in [-0.05, 0) is 43.5 Å². The molecule has 0 bridgehead atoms. The largest absolute Gasteiger partial charge is 0.386 e. The molecule has 0 saturated carbocycles. The van der Waals surface area contributed by atoms with Crippen molar-refractivity contribution in [3.63, 3.8) is 0 Å². The minimum atomic E-state index is -0.845. The highest BCUT2D eigenvalue weighted by Crippen LogP contribution is 2.32. The van der Waals surface area contributed by atoms with Crippen molar-refractivity contribution < 1.29 is 5.11 Å². The first-order chi connectivity index (χ1) is 13.1. The van der Waals surface area contributed by atoms with Crippen LogP contribution in [-0.2, 0) is 12.8 Å². The van der Waals surface area contributed by atoms with Crippen LogP contribution in [0.1, 0.15) is 29.3 Å². The molecule has 0 spiro atoms. The molecular formula is C20H18Cl2N4O. The molecule has 2 aromatic heterocycles. The maximum Gasteiger partial charge on any atom is 0.161 e. The highest BCUT2D eigenvalue weighted by Gasteiger charge is 2.21. The summed E-state index contributed by atoms with van der Waals surface area (Å²) in [5, 5.41) is 14.8. The molecule has 0 saturated heterocycles. The van der Waals surface area contributed by atoms with Crippen LogP contribution in [-0.4, -0.2) is 26.6 Å². The van der Waals surface area contributed by atoms with Crippen molar-refractivity contribution in [2.45, 2.75) is 25.4 Å². The number of benzene rings is 1. The predicted octanol–water partition coefficient (Wildman–Crippen LogP) is 4.48. The molecule has 2 heterocycles. The summed E-state index contributed by atoms with van der Waals surface area (Å²) in [5.74, 6) is 1.41. The molecule has 0 fully saturated rings.